The van der Waals surface area contributed by atoms with Gasteiger partial charge in [-0.15, -0.1) is 0 Å². The molecule has 0 bridgehead atoms. The Labute approximate surface area is 153 Å². The summed E-state index contributed by atoms with van der Waals surface area (Å²) in [4.78, 5) is 27.5. The molecular weight excluding hydrogens is 387 g/mol. The zero-order chi connectivity index (χ0) is 17.6. The average molecular weight is 404 g/mol. The summed E-state index contributed by atoms with van der Waals surface area (Å²) in [5.41, 5.74) is 2.16. The molecule has 6 heteroatoms. The van der Waals surface area contributed by atoms with Crippen molar-refractivity contribution in [3.63, 3.8) is 0 Å². The molecule has 1 unspecified atom stereocenters. The SMILES string of the molecule is O=C1C(=O)N(C[NH+](Cc2ccc(F)cc2)C2CC2)c2ccc(Br)cc21. The number of carbonyl (C=O) groups is 2. The average Bonchev–Trinajstić information content (AvgIpc) is 3.41. The van der Waals surface area contributed by atoms with Gasteiger partial charge in [0, 0.05) is 22.9 Å². The van der Waals surface area contributed by atoms with Crippen LogP contribution in [0.3, 0.4) is 0 Å². The summed E-state index contributed by atoms with van der Waals surface area (Å²) in [7, 11) is 0. The third-order valence-corrected chi connectivity index (χ3v) is 5.29. The van der Waals surface area contributed by atoms with Crippen LogP contribution in [0.1, 0.15) is 28.8 Å². The fourth-order valence-corrected chi connectivity index (χ4v) is 3.68. The molecular formula is C19H17BrFN2O2+. The Morgan fingerprint density at radius 2 is 1.84 bits per heavy atom. The maximum Gasteiger partial charge on any atom is 0.303 e. The standard InChI is InChI=1S/C19H16BrFN2O2/c20-13-3-8-17-16(9-13)18(24)19(25)23(17)11-22(15-6-7-15)10-12-1-4-14(21)5-2-12/h1-5,8-9,15H,6-7,10-11H2/p+1. The van der Waals surface area contributed by atoms with Crippen molar-refractivity contribution in [2.24, 2.45) is 0 Å². The number of nitrogens with zero attached hydrogens (tertiary/aromatic N) is 1. The molecule has 2 aromatic rings. The molecule has 2 aromatic carbocycles. The molecule has 0 radical (unpaired) electrons. The highest BCUT2D eigenvalue weighted by atomic mass is 79.9. The lowest BCUT2D eigenvalue weighted by Gasteiger charge is -2.25. The van der Waals surface area contributed by atoms with Crippen molar-refractivity contribution in [3.05, 3.63) is 63.9 Å². The predicted octanol–water partition coefficient (Wildman–Crippen LogP) is 2.32. The van der Waals surface area contributed by atoms with Crippen LogP contribution in [0.5, 0.6) is 0 Å². The molecule has 25 heavy (non-hydrogen) atoms. The number of hydrogen-bond donors (Lipinski definition) is 1. The zero-order valence-electron chi connectivity index (χ0n) is 13.5. The molecule has 2 aliphatic rings. The lowest BCUT2D eigenvalue weighted by atomic mass is 10.1. The summed E-state index contributed by atoms with van der Waals surface area (Å²) in [5, 5.41) is 0. The number of quaternary nitrogens is 1. The molecule has 1 aliphatic carbocycles. The number of carbonyl (C=O) groups excluding carboxylic acids is 2. The minimum atomic E-state index is -0.467. The second-order valence-electron chi connectivity index (χ2n) is 6.62. The van der Waals surface area contributed by atoms with Gasteiger partial charge < -0.3 is 4.90 Å². The molecule has 0 spiro atoms. The van der Waals surface area contributed by atoms with E-state index in [2.05, 4.69) is 15.9 Å². The first-order valence-electron chi connectivity index (χ1n) is 8.27. The number of amides is 1. The smallest absolute Gasteiger partial charge is 0.303 e. The fourth-order valence-electron chi connectivity index (χ4n) is 3.32. The number of halogens is 2. The van der Waals surface area contributed by atoms with E-state index in [1.54, 1.807) is 23.1 Å². The van der Waals surface area contributed by atoms with Gasteiger partial charge in [0.05, 0.1) is 17.3 Å². The second-order valence-corrected chi connectivity index (χ2v) is 7.53. The molecule has 1 atom stereocenters. The summed E-state index contributed by atoms with van der Waals surface area (Å²) in [6.45, 7) is 1.15. The van der Waals surface area contributed by atoms with Crippen molar-refractivity contribution in [1.29, 1.82) is 0 Å². The first-order valence-corrected chi connectivity index (χ1v) is 9.07. The second kappa shape index (κ2) is 6.35. The molecule has 128 valence electrons. The number of hydrogen-bond acceptors (Lipinski definition) is 2. The highest BCUT2D eigenvalue weighted by molar-refractivity contribution is 9.10. The Kier molecular flexibility index (Phi) is 4.17. The van der Waals surface area contributed by atoms with E-state index in [4.69, 9.17) is 0 Å². The van der Waals surface area contributed by atoms with E-state index in [1.807, 2.05) is 12.1 Å². The third kappa shape index (κ3) is 3.24. The van der Waals surface area contributed by atoms with Crippen molar-refractivity contribution >= 4 is 33.3 Å². The summed E-state index contributed by atoms with van der Waals surface area (Å²) >= 11 is 3.35. The predicted molar refractivity (Wildman–Crippen MR) is 94.9 cm³/mol. The van der Waals surface area contributed by atoms with Crippen LogP contribution in [0.15, 0.2) is 46.9 Å². The zero-order valence-corrected chi connectivity index (χ0v) is 15.1. The van der Waals surface area contributed by atoms with Crippen LogP contribution in [0.2, 0.25) is 0 Å². The number of benzene rings is 2. The summed E-state index contributed by atoms with van der Waals surface area (Å²) in [6.07, 6.45) is 2.22. The molecule has 1 saturated carbocycles. The third-order valence-electron chi connectivity index (χ3n) is 4.79. The van der Waals surface area contributed by atoms with Crippen LogP contribution < -0.4 is 9.80 Å². The minimum absolute atomic E-state index is 0.253. The van der Waals surface area contributed by atoms with E-state index in [9.17, 15) is 14.0 Å². The quantitative estimate of drug-likeness (QED) is 0.778. The van der Waals surface area contributed by atoms with Crippen molar-refractivity contribution in [2.75, 3.05) is 11.6 Å². The highest BCUT2D eigenvalue weighted by Gasteiger charge is 2.41. The number of ketones is 1. The van der Waals surface area contributed by atoms with Crippen molar-refractivity contribution in [3.8, 4) is 0 Å². The maximum absolute atomic E-state index is 13.1. The van der Waals surface area contributed by atoms with E-state index in [0.29, 0.717) is 30.5 Å². The lowest BCUT2D eigenvalue weighted by molar-refractivity contribution is -0.923. The monoisotopic (exact) mass is 403 g/mol. The first-order chi connectivity index (χ1) is 12.0. The van der Waals surface area contributed by atoms with Gasteiger partial charge in [-0.2, -0.15) is 0 Å². The minimum Gasteiger partial charge on any atom is -0.311 e. The van der Waals surface area contributed by atoms with Crippen molar-refractivity contribution in [2.45, 2.75) is 25.4 Å². The maximum atomic E-state index is 13.1. The van der Waals surface area contributed by atoms with Crippen LogP contribution in [0.4, 0.5) is 10.1 Å². The van der Waals surface area contributed by atoms with E-state index in [0.717, 1.165) is 22.9 Å². The number of rotatable bonds is 5. The number of nitrogens with one attached hydrogen (secondary N) is 1. The van der Waals surface area contributed by atoms with E-state index >= 15 is 0 Å². The Morgan fingerprint density at radius 1 is 1.12 bits per heavy atom. The largest absolute Gasteiger partial charge is 0.311 e. The Morgan fingerprint density at radius 3 is 2.52 bits per heavy atom. The highest BCUT2D eigenvalue weighted by Crippen LogP contribution is 2.30. The van der Waals surface area contributed by atoms with Crippen LogP contribution in [-0.4, -0.2) is 24.4 Å². The molecule has 1 heterocycles. The van der Waals surface area contributed by atoms with E-state index in [-0.39, 0.29) is 5.82 Å². The Bertz CT molecular complexity index is 849. The molecule has 0 aromatic heterocycles. The van der Waals surface area contributed by atoms with Crippen molar-refractivity contribution in [1.82, 2.24) is 0 Å². The van der Waals surface area contributed by atoms with Crippen LogP contribution in [0, 0.1) is 5.82 Å². The topological polar surface area (TPSA) is 41.8 Å². The van der Waals surface area contributed by atoms with E-state index in [1.165, 1.54) is 17.0 Å². The summed E-state index contributed by atoms with van der Waals surface area (Å²) in [6, 6.07) is 12.3. The molecule has 1 aliphatic heterocycles. The lowest BCUT2D eigenvalue weighted by Crippen LogP contribution is -3.13. The normalized spacial score (nSPS) is 17.8. The van der Waals surface area contributed by atoms with Gasteiger partial charge in [0.2, 0.25) is 0 Å². The number of Topliss-reactive ketones (excluding diaryl/α,β-unsaturated/α-hetero) is 1. The van der Waals surface area contributed by atoms with Gasteiger partial charge in [-0.3, -0.25) is 14.5 Å². The van der Waals surface area contributed by atoms with Crippen LogP contribution in [-0.2, 0) is 11.3 Å². The number of fused-ring (bicyclic) bond motifs is 1. The molecule has 1 fully saturated rings. The Hall–Kier alpha value is -2.05. The van der Waals surface area contributed by atoms with Gasteiger partial charge in [0.1, 0.15) is 12.4 Å². The van der Waals surface area contributed by atoms with Gasteiger partial charge in [-0.25, -0.2) is 4.39 Å². The van der Waals surface area contributed by atoms with Gasteiger partial charge in [-0.1, -0.05) is 28.1 Å². The van der Waals surface area contributed by atoms with Crippen LogP contribution in [0.25, 0.3) is 0 Å². The molecule has 1 amide bonds. The van der Waals surface area contributed by atoms with Gasteiger partial charge in [0.15, 0.2) is 6.67 Å². The summed E-state index contributed by atoms with van der Waals surface area (Å²) in [5.74, 6) is -1.17. The molecule has 0 saturated heterocycles. The fraction of sp³-hybridized carbons (Fsp3) is 0.263. The van der Waals surface area contributed by atoms with Gasteiger partial charge >= 0.3 is 5.91 Å². The summed E-state index contributed by atoms with van der Waals surface area (Å²) < 4.78 is 13.9. The first kappa shape index (κ1) is 16.4. The number of anilines is 1. The van der Waals surface area contributed by atoms with Gasteiger partial charge in [0.25, 0.3) is 5.78 Å². The molecule has 4 rings (SSSR count). The Balaban J connectivity index is 1.58. The van der Waals surface area contributed by atoms with Crippen LogP contribution >= 0.6 is 15.9 Å². The molecule has 4 nitrogen and oxygen atoms in total. The van der Waals surface area contributed by atoms with Crippen molar-refractivity contribution < 1.29 is 18.9 Å². The van der Waals surface area contributed by atoms with Gasteiger partial charge in [-0.05, 0) is 30.3 Å². The van der Waals surface area contributed by atoms with E-state index < -0.39 is 11.7 Å². The molecule has 1 N–H and O–H groups in total.